The van der Waals surface area contributed by atoms with Crippen LogP contribution in [-0.4, -0.2) is 13.7 Å². The summed E-state index contributed by atoms with van der Waals surface area (Å²) in [6.07, 6.45) is 3.44. The smallest absolute Gasteiger partial charge is 0.129 e. The fourth-order valence-corrected chi connectivity index (χ4v) is 2.68. The van der Waals surface area contributed by atoms with Gasteiger partial charge in [0.15, 0.2) is 0 Å². The van der Waals surface area contributed by atoms with Gasteiger partial charge in [0, 0.05) is 10.7 Å². The third-order valence-electron chi connectivity index (χ3n) is 2.35. The number of halogens is 2. The molecule has 1 aromatic carbocycles. The van der Waals surface area contributed by atoms with E-state index < -0.39 is 0 Å². The van der Waals surface area contributed by atoms with Gasteiger partial charge >= 0.3 is 0 Å². The van der Waals surface area contributed by atoms with E-state index >= 15 is 0 Å². The van der Waals surface area contributed by atoms with Crippen LogP contribution in [0.3, 0.4) is 0 Å². The number of aromatic nitrogens is 3. The standard InChI is InChI=1S/C11H6BrClN4S/c12-6-3-7(5-14-4-6)15-10-8(13)1-2-9-11(10)17-18-16-9/h1-5,15H. The first kappa shape index (κ1) is 11.8. The zero-order valence-electron chi connectivity index (χ0n) is 8.89. The lowest BCUT2D eigenvalue weighted by molar-refractivity contribution is 1.30. The van der Waals surface area contributed by atoms with Crippen LogP contribution in [0.5, 0.6) is 0 Å². The summed E-state index contributed by atoms with van der Waals surface area (Å²) in [4.78, 5) is 4.09. The second-order valence-electron chi connectivity index (χ2n) is 3.57. The van der Waals surface area contributed by atoms with Gasteiger partial charge in [0.1, 0.15) is 11.0 Å². The fraction of sp³-hybridized carbons (Fsp3) is 0. The number of benzene rings is 1. The predicted octanol–water partition coefficient (Wildman–Crippen LogP) is 4.25. The fourth-order valence-electron chi connectivity index (χ4n) is 1.57. The lowest BCUT2D eigenvalue weighted by Crippen LogP contribution is -1.93. The molecular weight excluding hydrogens is 336 g/mol. The van der Waals surface area contributed by atoms with Gasteiger partial charge in [0.05, 0.1) is 34.3 Å². The highest BCUT2D eigenvalue weighted by Gasteiger charge is 2.10. The van der Waals surface area contributed by atoms with Crippen molar-refractivity contribution in [3.8, 4) is 0 Å². The van der Waals surface area contributed by atoms with E-state index in [1.54, 1.807) is 18.5 Å². The van der Waals surface area contributed by atoms with Crippen LogP contribution in [0.4, 0.5) is 11.4 Å². The molecule has 0 aliphatic rings. The van der Waals surface area contributed by atoms with Crippen LogP contribution in [0, 0.1) is 0 Å². The Kier molecular flexibility index (Phi) is 3.15. The molecule has 0 spiro atoms. The molecule has 0 aliphatic heterocycles. The van der Waals surface area contributed by atoms with Gasteiger partial charge in [-0.2, -0.15) is 8.75 Å². The molecular formula is C11H6BrClN4S. The molecule has 0 aliphatic carbocycles. The van der Waals surface area contributed by atoms with Crippen LogP contribution in [0.15, 0.2) is 35.1 Å². The summed E-state index contributed by atoms with van der Waals surface area (Å²) in [5.41, 5.74) is 3.19. The third kappa shape index (κ3) is 2.19. The van der Waals surface area contributed by atoms with Gasteiger partial charge in [0.2, 0.25) is 0 Å². The Hall–Kier alpha value is -1.24. The number of rotatable bonds is 2. The molecule has 0 saturated carbocycles. The maximum absolute atomic E-state index is 6.19. The first-order valence-corrected chi connectivity index (χ1v) is 6.92. The molecule has 0 bridgehead atoms. The minimum absolute atomic E-state index is 0.607. The topological polar surface area (TPSA) is 50.7 Å². The molecule has 2 heterocycles. The first-order valence-electron chi connectivity index (χ1n) is 5.02. The van der Waals surface area contributed by atoms with Gasteiger partial charge in [-0.15, -0.1) is 0 Å². The SMILES string of the molecule is Clc1ccc2nsnc2c1Nc1cncc(Br)c1. The lowest BCUT2D eigenvalue weighted by Gasteiger charge is -2.08. The summed E-state index contributed by atoms with van der Waals surface area (Å²) in [5, 5.41) is 3.83. The first-order chi connectivity index (χ1) is 8.74. The summed E-state index contributed by atoms with van der Waals surface area (Å²) < 4.78 is 9.33. The van der Waals surface area contributed by atoms with Crippen LogP contribution < -0.4 is 5.32 Å². The van der Waals surface area contributed by atoms with Crippen molar-refractivity contribution >= 4 is 61.7 Å². The van der Waals surface area contributed by atoms with Crippen molar-refractivity contribution in [2.75, 3.05) is 5.32 Å². The van der Waals surface area contributed by atoms with Gasteiger partial charge in [-0.3, -0.25) is 4.98 Å². The number of hydrogen-bond donors (Lipinski definition) is 1. The molecule has 0 saturated heterocycles. The van der Waals surface area contributed by atoms with Gasteiger partial charge in [0.25, 0.3) is 0 Å². The Balaban J connectivity index is 2.09. The molecule has 0 amide bonds. The van der Waals surface area contributed by atoms with Crippen molar-refractivity contribution in [2.45, 2.75) is 0 Å². The van der Waals surface area contributed by atoms with Crippen LogP contribution in [-0.2, 0) is 0 Å². The zero-order valence-corrected chi connectivity index (χ0v) is 12.1. The number of nitrogens with one attached hydrogen (secondary N) is 1. The van der Waals surface area contributed by atoms with Crippen molar-refractivity contribution in [3.63, 3.8) is 0 Å². The zero-order chi connectivity index (χ0) is 12.5. The molecule has 7 heteroatoms. The van der Waals surface area contributed by atoms with E-state index in [1.807, 2.05) is 12.1 Å². The lowest BCUT2D eigenvalue weighted by atomic mass is 10.2. The molecule has 2 aromatic heterocycles. The Morgan fingerprint density at radius 3 is 2.94 bits per heavy atom. The summed E-state index contributed by atoms with van der Waals surface area (Å²) >= 11 is 10.7. The molecule has 18 heavy (non-hydrogen) atoms. The monoisotopic (exact) mass is 340 g/mol. The highest BCUT2D eigenvalue weighted by molar-refractivity contribution is 9.10. The van der Waals surface area contributed by atoms with Gasteiger partial charge in [-0.05, 0) is 34.1 Å². The third-order valence-corrected chi connectivity index (χ3v) is 3.64. The highest BCUT2D eigenvalue weighted by Crippen LogP contribution is 2.32. The Labute approximate surface area is 120 Å². The van der Waals surface area contributed by atoms with Crippen LogP contribution in [0.2, 0.25) is 5.02 Å². The molecule has 0 radical (unpaired) electrons. The van der Waals surface area contributed by atoms with E-state index in [2.05, 4.69) is 35.0 Å². The molecule has 4 nitrogen and oxygen atoms in total. The van der Waals surface area contributed by atoms with E-state index in [4.69, 9.17) is 11.6 Å². The van der Waals surface area contributed by atoms with Crippen molar-refractivity contribution in [3.05, 3.63) is 40.1 Å². The molecule has 90 valence electrons. The molecule has 3 aromatic rings. The number of anilines is 2. The van der Waals surface area contributed by atoms with Gasteiger partial charge < -0.3 is 5.32 Å². The molecule has 3 rings (SSSR count). The minimum Gasteiger partial charge on any atom is -0.351 e. The second kappa shape index (κ2) is 4.79. The largest absolute Gasteiger partial charge is 0.351 e. The average molecular weight is 342 g/mol. The summed E-state index contributed by atoms with van der Waals surface area (Å²) in [6.45, 7) is 0. The Bertz CT molecular complexity index is 715. The van der Waals surface area contributed by atoms with Crippen LogP contribution in [0.25, 0.3) is 11.0 Å². The van der Waals surface area contributed by atoms with Crippen molar-refractivity contribution in [1.82, 2.24) is 13.7 Å². The van der Waals surface area contributed by atoms with E-state index in [-0.39, 0.29) is 0 Å². The predicted molar refractivity (Wildman–Crippen MR) is 77.6 cm³/mol. The van der Waals surface area contributed by atoms with E-state index in [9.17, 15) is 0 Å². The maximum Gasteiger partial charge on any atom is 0.129 e. The van der Waals surface area contributed by atoms with Gasteiger partial charge in [-0.1, -0.05) is 11.6 Å². The average Bonchev–Trinajstić information content (AvgIpc) is 2.81. The summed E-state index contributed by atoms with van der Waals surface area (Å²) in [5.74, 6) is 0. The van der Waals surface area contributed by atoms with E-state index in [0.717, 1.165) is 26.9 Å². The normalized spacial score (nSPS) is 10.8. The number of nitrogens with zero attached hydrogens (tertiary/aromatic N) is 3. The molecule has 0 fully saturated rings. The molecule has 1 N–H and O–H groups in total. The molecule has 0 atom stereocenters. The van der Waals surface area contributed by atoms with Crippen molar-refractivity contribution in [1.29, 1.82) is 0 Å². The van der Waals surface area contributed by atoms with Crippen LogP contribution >= 0.6 is 39.3 Å². The Morgan fingerprint density at radius 1 is 1.22 bits per heavy atom. The quantitative estimate of drug-likeness (QED) is 0.757. The minimum atomic E-state index is 0.607. The number of fused-ring (bicyclic) bond motifs is 1. The van der Waals surface area contributed by atoms with Crippen LogP contribution in [0.1, 0.15) is 0 Å². The van der Waals surface area contributed by atoms with Crippen molar-refractivity contribution in [2.24, 2.45) is 0 Å². The number of hydrogen-bond acceptors (Lipinski definition) is 5. The number of pyridine rings is 1. The molecule has 0 unspecified atom stereocenters. The van der Waals surface area contributed by atoms with E-state index in [1.165, 1.54) is 11.7 Å². The van der Waals surface area contributed by atoms with Crippen molar-refractivity contribution < 1.29 is 0 Å². The summed E-state index contributed by atoms with van der Waals surface area (Å²) in [6, 6.07) is 5.58. The second-order valence-corrected chi connectivity index (χ2v) is 5.42. The highest BCUT2D eigenvalue weighted by atomic mass is 79.9. The summed E-state index contributed by atoms with van der Waals surface area (Å²) in [7, 11) is 0. The van der Waals surface area contributed by atoms with Gasteiger partial charge in [-0.25, -0.2) is 0 Å². The Morgan fingerprint density at radius 2 is 2.11 bits per heavy atom. The van der Waals surface area contributed by atoms with E-state index in [0.29, 0.717) is 5.02 Å². The maximum atomic E-state index is 6.19.